The summed E-state index contributed by atoms with van der Waals surface area (Å²) in [4.78, 5) is 46.3. The van der Waals surface area contributed by atoms with Gasteiger partial charge < -0.3 is 25.3 Å². The zero-order valence-corrected chi connectivity index (χ0v) is 24.5. The first-order chi connectivity index (χ1) is 21.5. The molecule has 44 heavy (non-hydrogen) atoms. The van der Waals surface area contributed by atoms with Crippen LogP contribution in [-0.4, -0.2) is 81.1 Å². The number of nitrogens with zero attached hydrogens (tertiary/aromatic N) is 5. The lowest BCUT2D eigenvalue weighted by Crippen LogP contribution is -2.46. The molecule has 1 aromatic carbocycles. The number of anilines is 2. The van der Waals surface area contributed by atoms with Gasteiger partial charge in [0.1, 0.15) is 23.5 Å². The molecule has 7 rings (SSSR count). The topological polar surface area (TPSA) is 128 Å². The van der Waals surface area contributed by atoms with E-state index in [-0.39, 0.29) is 30.1 Å². The van der Waals surface area contributed by atoms with Crippen LogP contribution in [0, 0.1) is 0 Å². The Kier molecular flexibility index (Phi) is 7.80. The van der Waals surface area contributed by atoms with E-state index in [9.17, 15) is 9.59 Å². The molecule has 0 saturated carbocycles. The minimum absolute atomic E-state index is 0.0982. The van der Waals surface area contributed by atoms with Crippen LogP contribution in [0.25, 0.3) is 22.3 Å². The van der Waals surface area contributed by atoms with Crippen LogP contribution in [0.15, 0.2) is 67.6 Å². The summed E-state index contributed by atoms with van der Waals surface area (Å²) in [6.07, 6.45) is 9.30. The highest BCUT2D eigenvalue weighted by molar-refractivity contribution is 6.03. The molecule has 6 heterocycles. The first-order valence-corrected chi connectivity index (χ1v) is 15.3. The molecule has 2 amide bonds. The average Bonchev–Trinajstić information content (AvgIpc) is 3.63. The minimum atomic E-state index is -0.264. The summed E-state index contributed by atoms with van der Waals surface area (Å²) in [5, 5.41) is 6.96. The zero-order valence-electron chi connectivity index (χ0n) is 24.5. The first-order valence-electron chi connectivity index (χ1n) is 15.3. The number of H-pyrrole nitrogens is 1. The molecule has 2 bridgehead atoms. The summed E-state index contributed by atoms with van der Waals surface area (Å²) in [5.41, 5.74) is 4.77. The van der Waals surface area contributed by atoms with Gasteiger partial charge in [-0.25, -0.2) is 9.97 Å². The number of nitrogens with one attached hydrogen (secondary N) is 3. The van der Waals surface area contributed by atoms with Gasteiger partial charge in [-0.3, -0.25) is 19.5 Å². The fourth-order valence-corrected chi connectivity index (χ4v) is 6.58. The molecule has 11 nitrogen and oxygen atoms in total. The van der Waals surface area contributed by atoms with Gasteiger partial charge in [-0.15, -0.1) is 0 Å². The minimum Gasteiger partial charge on any atom is -0.371 e. The number of rotatable bonds is 8. The summed E-state index contributed by atoms with van der Waals surface area (Å²) in [6.45, 7) is 7.62. The van der Waals surface area contributed by atoms with Crippen LogP contribution in [0.3, 0.4) is 0 Å². The summed E-state index contributed by atoms with van der Waals surface area (Å²) < 4.78 is 6.01. The van der Waals surface area contributed by atoms with Gasteiger partial charge in [-0.1, -0.05) is 18.7 Å². The van der Waals surface area contributed by atoms with Crippen LogP contribution in [0.5, 0.6) is 0 Å². The van der Waals surface area contributed by atoms with Gasteiger partial charge >= 0.3 is 0 Å². The number of aromatic nitrogens is 4. The highest BCUT2D eigenvalue weighted by atomic mass is 16.5. The number of pyridine rings is 1. The molecule has 11 heteroatoms. The van der Waals surface area contributed by atoms with E-state index in [4.69, 9.17) is 4.74 Å². The number of carbonyl (C=O) groups is 2. The third-order valence-corrected chi connectivity index (χ3v) is 8.70. The van der Waals surface area contributed by atoms with Gasteiger partial charge in [0.25, 0.3) is 5.91 Å². The number of amides is 2. The number of piperidine rings is 1. The van der Waals surface area contributed by atoms with Crippen molar-refractivity contribution in [2.24, 2.45) is 0 Å². The van der Waals surface area contributed by atoms with Gasteiger partial charge in [-0.05, 0) is 79.8 Å². The number of likely N-dealkylation sites (tertiary alicyclic amines) is 1. The van der Waals surface area contributed by atoms with Crippen molar-refractivity contribution in [1.29, 1.82) is 0 Å². The normalized spacial score (nSPS) is 21.7. The predicted molar refractivity (Wildman–Crippen MR) is 168 cm³/mol. The molecule has 3 saturated heterocycles. The smallest absolute Gasteiger partial charge is 0.274 e. The van der Waals surface area contributed by atoms with E-state index < -0.39 is 0 Å². The first kappa shape index (κ1) is 28.2. The van der Waals surface area contributed by atoms with Gasteiger partial charge in [-0.2, -0.15) is 0 Å². The van der Waals surface area contributed by atoms with Crippen molar-refractivity contribution in [2.75, 3.05) is 36.4 Å². The molecular weight excluding hydrogens is 556 g/mol. The van der Waals surface area contributed by atoms with E-state index in [0.29, 0.717) is 17.9 Å². The molecule has 3 atom stereocenters. The van der Waals surface area contributed by atoms with Crippen molar-refractivity contribution in [2.45, 2.75) is 50.5 Å². The van der Waals surface area contributed by atoms with Crippen LogP contribution >= 0.6 is 0 Å². The summed E-state index contributed by atoms with van der Waals surface area (Å²) in [5.74, 6) is 0.531. The largest absolute Gasteiger partial charge is 0.371 e. The highest BCUT2D eigenvalue weighted by Gasteiger charge is 2.35. The maximum absolute atomic E-state index is 13.1. The van der Waals surface area contributed by atoms with E-state index in [1.54, 1.807) is 12.5 Å². The lowest BCUT2D eigenvalue weighted by molar-refractivity contribution is -0.117. The zero-order chi connectivity index (χ0) is 30.0. The Morgan fingerprint density at radius 3 is 2.64 bits per heavy atom. The number of fused-ring (bicyclic) bond motifs is 3. The Morgan fingerprint density at radius 2 is 1.84 bits per heavy atom. The molecule has 0 aliphatic carbocycles. The number of ether oxygens (including phenoxy) is 1. The van der Waals surface area contributed by atoms with Crippen LogP contribution in [0.4, 0.5) is 11.5 Å². The second-order valence-electron chi connectivity index (χ2n) is 11.9. The Hall–Kier alpha value is -4.61. The summed E-state index contributed by atoms with van der Waals surface area (Å²) in [6, 6.07) is 13.7. The maximum Gasteiger partial charge on any atom is 0.274 e. The fraction of sp³-hybridized carbons (Fsp3) is 0.364. The quantitative estimate of drug-likeness (QED) is 0.263. The van der Waals surface area contributed by atoms with Crippen molar-refractivity contribution >= 4 is 34.4 Å². The lowest BCUT2D eigenvalue weighted by Gasteiger charge is -2.33. The fourth-order valence-electron chi connectivity index (χ4n) is 6.58. The second-order valence-corrected chi connectivity index (χ2v) is 11.9. The molecule has 4 aromatic rings. The number of carbonyl (C=O) groups excluding carboxylic acids is 2. The second kappa shape index (κ2) is 12.2. The number of benzene rings is 1. The Bertz CT molecular complexity index is 1670. The van der Waals surface area contributed by atoms with Crippen molar-refractivity contribution in [1.82, 2.24) is 30.2 Å². The molecule has 3 aliphatic heterocycles. The Labute approximate surface area is 255 Å². The van der Waals surface area contributed by atoms with Crippen LogP contribution in [-0.2, 0) is 16.1 Å². The SMILES string of the molecule is C=CC(=O)N[C@@H]1CCCN(Cc2ccnc(C(=O)Nc3ccc(-c4cc5c(N6C[C@H]7CC[C@@H](C6)O7)ncnc5[nH]4)cc3)c2)C1. The van der Waals surface area contributed by atoms with E-state index in [1.807, 2.05) is 36.4 Å². The highest BCUT2D eigenvalue weighted by Crippen LogP contribution is 2.34. The molecule has 0 radical (unpaired) electrons. The molecular formula is C33H36N8O3. The molecule has 0 spiro atoms. The van der Waals surface area contributed by atoms with Crippen LogP contribution < -0.4 is 15.5 Å². The predicted octanol–water partition coefficient (Wildman–Crippen LogP) is 3.91. The monoisotopic (exact) mass is 592 g/mol. The maximum atomic E-state index is 13.1. The summed E-state index contributed by atoms with van der Waals surface area (Å²) in [7, 11) is 0. The Balaban J connectivity index is 1.00. The molecule has 3 aromatic heterocycles. The lowest BCUT2D eigenvalue weighted by atomic mass is 10.0. The van der Waals surface area contributed by atoms with Crippen molar-refractivity contribution in [3.63, 3.8) is 0 Å². The van der Waals surface area contributed by atoms with Gasteiger partial charge in [0.2, 0.25) is 5.91 Å². The van der Waals surface area contributed by atoms with E-state index in [0.717, 1.165) is 85.5 Å². The molecule has 3 fully saturated rings. The van der Waals surface area contributed by atoms with Crippen molar-refractivity contribution in [3.05, 3.63) is 78.9 Å². The number of morpholine rings is 1. The average molecular weight is 593 g/mol. The van der Waals surface area contributed by atoms with E-state index in [2.05, 4.69) is 53.0 Å². The van der Waals surface area contributed by atoms with E-state index in [1.165, 1.54) is 6.08 Å². The standard InChI is InChI=1S/C33H36N8O3/c1-2-30(42)37-24-4-3-13-40(17-24)16-21-11-12-34-29(14-21)33(43)38-23-7-5-22(6-8-23)28-15-27-31(39-28)35-20-36-32(27)41-18-25-9-10-26(19-41)44-25/h2,5-8,11-12,14-15,20,24-26H,1,3-4,9-10,13,16-19H2,(H,37,42)(H,38,43)(H,35,36,39)/t24-,25-,26+/m1/s1. The molecule has 3 aliphatic rings. The number of hydrogen-bond donors (Lipinski definition) is 3. The van der Waals surface area contributed by atoms with Gasteiger partial charge in [0.05, 0.1) is 17.6 Å². The number of hydrogen-bond acceptors (Lipinski definition) is 8. The van der Waals surface area contributed by atoms with Crippen LogP contribution in [0.1, 0.15) is 41.7 Å². The molecule has 0 unspecified atom stereocenters. The summed E-state index contributed by atoms with van der Waals surface area (Å²) >= 11 is 0. The van der Waals surface area contributed by atoms with Gasteiger partial charge in [0.15, 0.2) is 0 Å². The van der Waals surface area contributed by atoms with Gasteiger partial charge in [0, 0.05) is 49.8 Å². The van der Waals surface area contributed by atoms with Crippen LogP contribution in [0.2, 0.25) is 0 Å². The van der Waals surface area contributed by atoms with Crippen molar-refractivity contribution in [3.8, 4) is 11.3 Å². The molecule has 3 N–H and O–H groups in total. The third-order valence-electron chi connectivity index (χ3n) is 8.70. The van der Waals surface area contributed by atoms with Crippen molar-refractivity contribution < 1.29 is 14.3 Å². The Morgan fingerprint density at radius 1 is 1.02 bits per heavy atom. The third kappa shape index (κ3) is 6.06. The number of aromatic amines is 1. The van der Waals surface area contributed by atoms with E-state index >= 15 is 0 Å². The molecule has 226 valence electrons.